The number of carbonyl (C=O) groups is 1. The summed E-state index contributed by atoms with van der Waals surface area (Å²) in [7, 11) is -1.21. The van der Waals surface area contributed by atoms with Crippen LogP contribution < -0.4 is 10.2 Å². The van der Waals surface area contributed by atoms with Crippen LogP contribution in [0.5, 0.6) is 0 Å². The van der Waals surface area contributed by atoms with E-state index in [0.717, 1.165) is 70.1 Å². The number of halogens is 1. The van der Waals surface area contributed by atoms with E-state index in [9.17, 15) is 9.90 Å². The van der Waals surface area contributed by atoms with Crippen molar-refractivity contribution in [1.82, 2.24) is 24.8 Å². The standard InChI is InChI=1S/C27H33ClN6O3SSi/c1-39(2,3)9-8-37-15-33-13-20(19-6-7-21-25(23(19)28)38-14-30-21)24-26(33)32-22(12-29-24)34-17-4-5-18(34)11-16(10-17)31-27(35)36/h6-7,12-14,16-18,31H,4-5,8-11,15H2,1-3H3,(H,35,36)/t16?,17-,18+. The zero-order valence-electron chi connectivity index (χ0n) is 22.4. The van der Waals surface area contributed by atoms with Crippen LogP contribution in [-0.4, -0.2) is 63.5 Å². The minimum atomic E-state index is -1.21. The van der Waals surface area contributed by atoms with Gasteiger partial charge in [-0.1, -0.05) is 37.3 Å². The van der Waals surface area contributed by atoms with Crippen molar-refractivity contribution in [2.75, 3.05) is 11.5 Å². The monoisotopic (exact) mass is 584 g/mol. The predicted octanol–water partition coefficient (Wildman–Crippen LogP) is 6.44. The van der Waals surface area contributed by atoms with E-state index in [-0.39, 0.29) is 18.1 Å². The molecule has 6 rings (SSSR count). The molecule has 1 amide bonds. The van der Waals surface area contributed by atoms with Gasteiger partial charge in [-0.25, -0.2) is 19.7 Å². The molecular formula is C27H33ClN6O3SSi. The van der Waals surface area contributed by atoms with Gasteiger partial charge in [-0.3, -0.25) is 0 Å². The number of hydrogen-bond acceptors (Lipinski definition) is 7. The molecule has 4 aromatic rings. The summed E-state index contributed by atoms with van der Waals surface area (Å²) in [6.45, 7) is 8.13. The van der Waals surface area contributed by atoms with E-state index < -0.39 is 14.2 Å². The molecule has 3 aromatic heterocycles. The number of nitrogens with one attached hydrogen (secondary N) is 1. The van der Waals surface area contributed by atoms with Gasteiger partial charge in [0, 0.05) is 50.1 Å². The van der Waals surface area contributed by atoms with Crippen LogP contribution in [0.1, 0.15) is 25.7 Å². The molecule has 0 aliphatic carbocycles. The van der Waals surface area contributed by atoms with Crippen molar-refractivity contribution < 1.29 is 14.6 Å². The zero-order valence-corrected chi connectivity index (χ0v) is 24.9. The van der Waals surface area contributed by atoms with Crippen LogP contribution >= 0.6 is 22.9 Å². The second-order valence-corrected chi connectivity index (χ2v) is 18.7. The van der Waals surface area contributed by atoms with Crippen molar-refractivity contribution in [2.45, 2.75) is 76.2 Å². The Hall–Kier alpha value is -2.73. The lowest BCUT2D eigenvalue weighted by molar-refractivity contribution is 0.0899. The van der Waals surface area contributed by atoms with Crippen molar-refractivity contribution in [1.29, 1.82) is 0 Å². The molecule has 0 saturated carbocycles. The van der Waals surface area contributed by atoms with Gasteiger partial charge in [0.2, 0.25) is 0 Å². The van der Waals surface area contributed by atoms with E-state index in [0.29, 0.717) is 18.4 Å². The van der Waals surface area contributed by atoms with Gasteiger partial charge in [0.1, 0.15) is 18.1 Å². The molecule has 2 bridgehead atoms. The van der Waals surface area contributed by atoms with Gasteiger partial charge in [0.25, 0.3) is 0 Å². The molecule has 0 radical (unpaired) electrons. The quantitative estimate of drug-likeness (QED) is 0.181. The first kappa shape index (κ1) is 26.5. The van der Waals surface area contributed by atoms with Crippen molar-refractivity contribution in [3.63, 3.8) is 0 Å². The highest BCUT2D eigenvalue weighted by Gasteiger charge is 2.42. The van der Waals surface area contributed by atoms with E-state index >= 15 is 0 Å². The van der Waals surface area contributed by atoms with Gasteiger partial charge in [-0.2, -0.15) is 0 Å². The molecular weight excluding hydrogens is 552 g/mol. The largest absolute Gasteiger partial charge is 0.465 e. The van der Waals surface area contributed by atoms with Gasteiger partial charge in [0.15, 0.2) is 5.65 Å². The Morgan fingerprint density at radius 1 is 1.21 bits per heavy atom. The fourth-order valence-electron chi connectivity index (χ4n) is 5.95. The number of carboxylic acid groups (broad SMARTS) is 1. The highest BCUT2D eigenvalue weighted by atomic mass is 35.5. The van der Waals surface area contributed by atoms with Crippen LogP contribution in [0, 0.1) is 0 Å². The molecule has 2 fully saturated rings. The number of rotatable bonds is 8. The number of amides is 1. The molecule has 5 heterocycles. The van der Waals surface area contributed by atoms with Gasteiger partial charge in [-0.15, -0.1) is 11.3 Å². The lowest BCUT2D eigenvalue weighted by Crippen LogP contribution is -2.50. The van der Waals surface area contributed by atoms with Crippen LogP contribution in [0.4, 0.5) is 10.6 Å². The molecule has 3 atom stereocenters. The van der Waals surface area contributed by atoms with E-state index in [2.05, 4.69) is 41.0 Å². The van der Waals surface area contributed by atoms with E-state index in [4.69, 9.17) is 26.3 Å². The summed E-state index contributed by atoms with van der Waals surface area (Å²) >= 11 is 8.41. The van der Waals surface area contributed by atoms with Gasteiger partial charge in [-0.05, 0) is 37.8 Å². The first-order valence-corrected chi connectivity index (χ1v) is 18.4. The van der Waals surface area contributed by atoms with Gasteiger partial charge in [0.05, 0.1) is 26.9 Å². The number of nitrogens with zero attached hydrogens (tertiary/aromatic N) is 5. The highest BCUT2D eigenvalue weighted by molar-refractivity contribution is 7.17. The van der Waals surface area contributed by atoms with Crippen LogP contribution in [0.3, 0.4) is 0 Å². The van der Waals surface area contributed by atoms with Crippen LogP contribution in [-0.2, 0) is 11.5 Å². The Labute approximate surface area is 237 Å². The van der Waals surface area contributed by atoms with Crippen LogP contribution in [0.15, 0.2) is 30.0 Å². The smallest absolute Gasteiger partial charge is 0.404 e. The van der Waals surface area contributed by atoms with E-state index in [1.807, 2.05) is 28.4 Å². The Morgan fingerprint density at radius 3 is 2.69 bits per heavy atom. The molecule has 2 N–H and O–H groups in total. The minimum absolute atomic E-state index is 0.0213. The second kappa shape index (κ2) is 10.3. The van der Waals surface area contributed by atoms with Crippen molar-refractivity contribution in [3.05, 3.63) is 35.1 Å². The maximum Gasteiger partial charge on any atom is 0.404 e. The molecule has 2 aliphatic rings. The summed E-state index contributed by atoms with van der Waals surface area (Å²) in [6, 6.07) is 5.55. The molecule has 12 heteroatoms. The third-order valence-corrected chi connectivity index (χ3v) is 10.9. The zero-order chi connectivity index (χ0) is 27.3. The summed E-state index contributed by atoms with van der Waals surface area (Å²) in [6.07, 6.45) is 6.56. The number of anilines is 1. The first-order valence-electron chi connectivity index (χ1n) is 13.4. The summed E-state index contributed by atoms with van der Waals surface area (Å²) in [4.78, 5) is 28.1. The third kappa shape index (κ3) is 5.24. The third-order valence-electron chi connectivity index (χ3n) is 7.83. The number of piperidine rings is 1. The molecule has 9 nitrogen and oxygen atoms in total. The van der Waals surface area contributed by atoms with E-state index in [1.165, 1.54) is 11.3 Å². The Kier molecular flexibility index (Phi) is 7.03. The number of ether oxygens (including phenoxy) is 1. The normalized spacial score (nSPS) is 21.2. The topological polar surface area (TPSA) is 105 Å². The predicted molar refractivity (Wildman–Crippen MR) is 159 cm³/mol. The highest BCUT2D eigenvalue weighted by Crippen LogP contribution is 2.41. The van der Waals surface area contributed by atoms with Crippen LogP contribution in [0.2, 0.25) is 30.7 Å². The van der Waals surface area contributed by atoms with Crippen LogP contribution in [0.25, 0.3) is 32.5 Å². The average molecular weight is 585 g/mol. The average Bonchev–Trinajstić information content (AvgIpc) is 3.56. The number of hydrogen-bond donors (Lipinski definition) is 2. The van der Waals surface area contributed by atoms with Crippen molar-refractivity contribution in [2.24, 2.45) is 0 Å². The Morgan fingerprint density at radius 2 is 1.97 bits per heavy atom. The first-order chi connectivity index (χ1) is 18.7. The number of benzene rings is 1. The number of fused-ring (bicyclic) bond motifs is 4. The molecule has 39 heavy (non-hydrogen) atoms. The lowest BCUT2D eigenvalue weighted by atomic mass is 9.97. The molecule has 1 unspecified atom stereocenters. The molecule has 1 aromatic carbocycles. The molecule has 2 aliphatic heterocycles. The number of aromatic nitrogens is 4. The Bertz CT molecular complexity index is 1520. The summed E-state index contributed by atoms with van der Waals surface area (Å²) in [5, 5.41) is 12.6. The number of thiazole rings is 1. The summed E-state index contributed by atoms with van der Waals surface area (Å²) in [5.74, 6) is 0.834. The van der Waals surface area contributed by atoms with Gasteiger partial charge < -0.3 is 24.6 Å². The summed E-state index contributed by atoms with van der Waals surface area (Å²) < 4.78 is 9.14. The molecule has 2 saturated heterocycles. The SMILES string of the molecule is C[Si](C)(C)CCOCn1cc(-c2ccc3ncsc3c2Cl)c2ncc(N3[C@@H]4CC[C@H]3CC(NC(=O)O)C4)nc21. The lowest BCUT2D eigenvalue weighted by Gasteiger charge is -2.39. The Balaban J connectivity index is 1.36. The molecule has 0 spiro atoms. The fourth-order valence-corrected chi connectivity index (χ4v) is 7.83. The molecule has 206 valence electrons. The van der Waals surface area contributed by atoms with Crippen molar-refractivity contribution in [3.8, 4) is 11.1 Å². The fraction of sp³-hybridized carbons (Fsp3) is 0.481. The van der Waals surface area contributed by atoms with Crippen molar-refractivity contribution >= 4 is 64.3 Å². The van der Waals surface area contributed by atoms with E-state index in [1.54, 1.807) is 0 Å². The minimum Gasteiger partial charge on any atom is -0.465 e. The maximum absolute atomic E-state index is 11.2. The van der Waals surface area contributed by atoms with Gasteiger partial charge >= 0.3 is 6.09 Å². The maximum atomic E-state index is 11.2. The second-order valence-electron chi connectivity index (χ2n) is 11.8. The summed E-state index contributed by atoms with van der Waals surface area (Å²) in [5.41, 5.74) is 6.07.